The number of para-hydroxylation sites is 1. The van der Waals surface area contributed by atoms with Crippen molar-refractivity contribution in [3.8, 4) is 0 Å². The minimum atomic E-state index is 0.264. The van der Waals surface area contributed by atoms with Crippen LogP contribution in [-0.2, 0) is 6.42 Å². The van der Waals surface area contributed by atoms with E-state index in [2.05, 4.69) is 43.0 Å². The van der Waals surface area contributed by atoms with Crippen molar-refractivity contribution >= 4 is 28.6 Å². The molecule has 1 aliphatic rings. The zero-order valence-corrected chi connectivity index (χ0v) is 10.9. The fourth-order valence-electron chi connectivity index (χ4n) is 2.78. The van der Waals surface area contributed by atoms with Gasteiger partial charge in [0.2, 0.25) is 5.95 Å². The second-order valence-corrected chi connectivity index (χ2v) is 4.89. The average molecular weight is 266 g/mol. The molecule has 0 atom stereocenters. The molecule has 0 fully saturated rings. The lowest BCUT2D eigenvalue weighted by atomic mass is 10.0. The molecule has 0 amide bonds. The molecule has 4 rings (SSSR count). The minimum absolute atomic E-state index is 0.264. The van der Waals surface area contributed by atoms with Crippen LogP contribution >= 0.6 is 0 Å². The fraction of sp³-hybridized carbons (Fsp3) is 0.214. The first-order valence-corrected chi connectivity index (χ1v) is 6.65. The predicted molar refractivity (Wildman–Crippen MR) is 77.9 cm³/mol. The molecular formula is C14H14N6. The first kappa shape index (κ1) is 11.2. The second-order valence-electron chi connectivity index (χ2n) is 4.89. The van der Waals surface area contributed by atoms with Gasteiger partial charge in [-0.2, -0.15) is 9.97 Å². The van der Waals surface area contributed by atoms with Crippen LogP contribution < -0.4 is 10.6 Å². The largest absolute Gasteiger partial charge is 0.368 e. The molecule has 3 aromatic rings. The maximum absolute atomic E-state index is 5.81. The number of anilines is 3. The third-order valence-electron chi connectivity index (χ3n) is 3.64. The third kappa shape index (κ3) is 1.61. The monoisotopic (exact) mass is 266 g/mol. The fourth-order valence-corrected chi connectivity index (χ4v) is 2.78. The van der Waals surface area contributed by atoms with E-state index in [-0.39, 0.29) is 5.95 Å². The number of H-pyrrole nitrogens is 1. The van der Waals surface area contributed by atoms with E-state index >= 15 is 0 Å². The molecule has 0 radical (unpaired) electrons. The van der Waals surface area contributed by atoms with Gasteiger partial charge in [0, 0.05) is 12.2 Å². The summed E-state index contributed by atoms with van der Waals surface area (Å²) in [5.41, 5.74) is 9.76. The molecule has 2 aromatic heterocycles. The Balaban J connectivity index is 1.94. The SMILES string of the molecule is Nc1nc(N2CCCc3ccccc32)c2nc[nH]c2n1. The van der Waals surface area contributed by atoms with Crippen LogP contribution in [0.25, 0.3) is 11.2 Å². The van der Waals surface area contributed by atoms with Gasteiger partial charge < -0.3 is 15.6 Å². The molecule has 20 heavy (non-hydrogen) atoms. The van der Waals surface area contributed by atoms with Crippen molar-refractivity contribution in [1.29, 1.82) is 0 Å². The molecule has 3 N–H and O–H groups in total. The highest BCUT2D eigenvalue weighted by atomic mass is 15.2. The zero-order valence-electron chi connectivity index (χ0n) is 10.9. The van der Waals surface area contributed by atoms with Gasteiger partial charge in [0.15, 0.2) is 17.0 Å². The maximum atomic E-state index is 5.81. The third-order valence-corrected chi connectivity index (χ3v) is 3.64. The Hall–Kier alpha value is -2.63. The van der Waals surface area contributed by atoms with E-state index < -0.39 is 0 Å². The molecule has 1 aliphatic heterocycles. The van der Waals surface area contributed by atoms with Crippen LogP contribution in [0.1, 0.15) is 12.0 Å². The number of aryl methyl sites for hydroxylation is 1. The number of nitrogen functional groups attached to an aromatic ring is 1. The summed E-state index contributed by atoms with van der Waals surface area (Å²) in [6, 6.07) is 8.39. The zero-order chi connectivity index (χ0) is 13.5. The Morgan fingerprint density at radius 3 is 3.05 bits per heavy atom. The van der Waals surface area contributed by atoms with Gasteiger partial charge in [-0.25, -0.2) is 4.98 Å². The Bertz CT molecular complexity index is 778. The molecule has 0 aliphatic carbocycles. The van der Waals surface area contributed by atoms with Gasteiger partial charge in [-0.05, 0) is 24.5 Å². The van der Waals surface area contributed by atoms with E-state index in [0.717, 1.165) is 30.7 Å². The van der Waals surface area contributed by atoms with Crippen LogP contribution in [0.5, 0.6) is 0 Å². The molecule has 3 heterocycles. The average Bonchev–Trinajstić information content (AvgIpc) is 2.94. The molecule has 0 saturated carbocycles. The summed E-state index contributed by atoms with van der Waals surface area (Å²) in [5, 5.41) is 0. The van der Waals surface area contributed by atoms with E-state index in [4.69, 9.17) is 5.73 Å². The smallest absolute Gasteiger partial charge is 0.224 e. The van der Waals surface area contributed by atoms with Gasteiger partial charge in [0.1, 0.15) is 0 Å². The van der Waals surface area contributed by atoms with Crippen LogP contribution in [0, 0.1) is 0 Å². The van der Waals surface area contributed by atoms with Gasteiger partial charge >= 0.3 is 0 Å². The van der Waals surface area contributed by atoms with E-state index in [0.29, 0.717) is 5.65 Å². The summed E-state index contributed by atoms with van der Waals surface area (Å²) >= 11 is 0. The van der Waals surface area contributed by atoms with Crippen LogP contribution in [0.3, 0.4) is 0 Å². The number of rotatable bonds is 1. The molecule has 6 nitrogen and oxygen atoms in total. The van der Waals surface area contributed by atoms with Crippen molar-refractivity contribution in [2.75, 3.05) is 17.2 Å². The summed E-state index contributed by atoms with van der Waals surface area (Å²) in [6.07, 6.45) is 3.81. The first-order valence-electron chi connectivity index (χ1n) is 6.65. The van der Waals surface area contributed by atoms with Crippen molar-refractivity contribution in [1.82, 2.24) is 19.9 Å². The molecule has 100 valence electrons. The number of aromatic amines is 1. The number of fused-ring (bicyclic) bond motifs is 2. The summed E-state index contributed by atoms with van der Waals surface area (Å²) in [7, 11) is 0. The molecular weight excluding hydrogens is 252 g/mol. The predicted octanol–water partition coefficient (Wildman–Crippen LogP) is 2.02. The molecule has 0 spiro atoms. The number of hydrogen-bond donors (Lipinski definition) is 2. The molecule has 1 aromatic carbocycles. The van der Waals surface area contributed by atoms with Crippen molar-refractivity contribution in [2.45, 2.75) is 12.8 Å². The van der Waals surface area contributed by atoms with E-state index in [1.807, 2.05) is 6.07 Å². The van der Waals surface area contributed by atoms with Gasteiger partial charge in [-0.3, -0.25) is 0 Å². The highest BCUT2D eigenvalue weighted by molar-refractivity contribution is 5.87. The summed E-state index contributed by atoms with van der Waals surface area (Å²) in [6.45, 7) is 0.912. The van der Waals surface area contributed by atoms with Crippen molar-refractivity contribution < 1.29 is 0 Å². The minimum Gasteiger partial charge on any atom is -0.368 e. The molecule has 0 unspecified atom stereocenters. The van der Waals surface area contributed by atoms with E-state index in [1.54, 1.807) is 6.33 Å². The number of nitrogens with two attached hydrogens (primary N) is 1. The van der Waals surface area contributed by atoms with Gasteiger partial charge in [0.05, 0.1) is 6.33 Å². The van der Waals surface area contributed by atoms with E-state index in [1.165, 1.54) is 11.3 Å². The lowest BCUT2D eigenvalue weighted by Crippen LogP contribution is -2.26. The Morgan fingerprint density at radius 1 is 1.20 bits per heavy atom. The highest BCUT2D eigenvalue weighted by Crippen LogP contribution is 2.34. The number of imidazole rings is 1. The summed E-state index contributed by atoms with van der Waals surface area (Å²) in [4.78, 5) is 18.1. The lowest BCUT2D eigenvalue weighted by Gasteiger charge is -2.30. The summed E-state index contributed by atoms with van der Waals surface area (Å²) < 4.78 is 0. The second kappa shape index (κ2) is 4.19. The molecule has 0 saturated heterocycles. The number of aromatic nitrogens is 4. The quantitative estimate of drug-likeness (QED) is 0.704. The van der Waals surface area contributed by atoms with Gasteiger partial charge in [-0.1, -0.05) is 18.2 Å². The van der Waals surface area contributed by atoms with Crippen LogP contribution in [0.15, 0.2) is 30.6 Å². The van der Waals surface area contributed by atoms with Crippen molar-refractivity contribution in [2.24, 2.45) is 0 Å². The first-order chi connectivity index (χ1) is 9.83. The number of benzene rings is 1. The molecule has 6 heteroatoms. The van der Waals surface area contributed by atoms with Crippen LogP contribution in [-0.4, -0.2) is 26.5 Å². The molecule has 0 bridgehead atoms. The van der Waals surface area contributed by atoms with Crippen LogP contribution in [0.4, 0.5) is 17.5 Å². The lowest BCUT2D eigenvalue weighted by molar-refractivity contribution is 0.761. The maximum Gasteiger partial charge on any atom is 0.224 e. The Labute approximate surface area is 115 Å². The number of nitrogens with one attached hydrogen (secondary N) is 1. The summed E-state index contributed by atoms with van der Waals surface area (Å²) in [5.74, 6) is 1.04. The van der Waals surface area contributed by atoms with Gasteiger partial charge in [0.25, 0.3) is 0 Å². The van der Waals surface area contributed by atoms with Crippen molar-refractivity contribution in [3.05, 3.63) is 36.2 Å². The van der Waals surface area contributed by atoms with Gasteiger partial charge in [-0.15, -0.1) is 0 Å². The number of nitrogens with zero attached hydrogens (tertiary/aromatic N) is 4. The normalized spacial score (nSPS) is 14.5. The van der Waals surface area contributed by atoms with Crippen LogP contribution in [0.2, 0.25) is 0 Å². The number of hydrogen-bond acceptors (Lipinski definition) is 5. The van der Waals surface area contributed by atoms with Crippen molar-refractivity contribution in [3.63, 3.8) is 0 Å². The Morgan fingerprint density at radius 2 is 2.10 bits per heavy atom. The highest BCUT2D eigenvalue weighted by Gasteiger charge is 2.22. The standard InChI is InChI=1S/C14H14N6/c15-14-18-12-11(16-8-17-12)13(19-14)20-7-3-5-9-4-1-2-6-10(9)20/h1-2,4,6,8H,3,5,7H2,(H3,15,16,17,18,19). The Kier molecular flexibility index (Phi) is 2.35. The van der Waals surface area contributed by atoms with E-state index in [9.17, 15) is 0 Å². The topological polar surface area (TPSA) is 83.7 Å².